The number of H-pyrrole nitrogens is 1. The van der Waals surface area contributed by atoms with Crippen molar-refractivity contribution in [2.24, 2.45) is 0 Å². The van der Waals surface area contributed by atoms with Crippen LogP contribution in [0.25, 0.3) is 22.3 Å². The van der Waals surface area contributed by atoms with Crippen molar-refractivity contribution in [3.05, 3.63) is 72.9 Å². The highest BCUT2D eigenvalue weighted by atomic mass is 16.1. The van der Waals surface area contributed by atoms with E-state index in [0.29, 0.717) is 13.0 Å². The van der Waals surface area contributed by atoms with Crippen LogP contribution in [0.2, 0.25) is 0 Å². The molecule has 1 amide bonds. The summed E-state index contributed by atoms with van der Waals surface area (Å²) in [6, 6.07) is 14.2. The highest BCUT2D eigenvalue weighted by molar-refractivity contribution is 5.90. The maximum absolute atomic E-state index is 12.2. The molecule has 0 bridgehead atoms. The van der Waals surface area contributed by atoms with E-state index in [1.807, 2.05) is 41.2 Å². The fraction of sp³-hybridized carbons (Fsp3) is 0.261. The standard InChI is InChI=1S/C23H25N5O/c29-22(26-13-6-15-28-16-14-24-17-28)11-5-8-19-18-7-1-2-9-20(18)27-23(19)21-10-3-4-12-25-21/h1-4,7,9-10,12,14,16-17,27H,5-6,8,11,13,15H2,(H,26,29). The lowest BCUT2D eigenvalue weighted by molar-refractivity contribution is -0.121. The number of nitrogens with zero attached hydrogens (tertiary/aromatic N) is 3. The van der Waals surface area contributed by atoms with Gasteiger partial charge in [0.1, 0.15) is 0 Å². The smallest absolute Gasteiger partial charge is 0.220 e. The van der Waals surface area contributed by atoms with E-state index in [1.54, 1.807) is 12.5 Å². The van der Waals surface area contributed by atoms with Crippen LogP contribution in [-0.4, -0.2) is 32.0 Å². The Morgan fingerprint density at radius 2 is 1.97 bits per heavy atom. The van der Waals surface area contributed by atoms with Crippen LogP contribution >= 0.6 is 0 Å². The van der Waals surface area contributed by atoms with Gasteiger partial charge in [0.25, 0.3) is 0 Å². The molecule has 0 unspecified atom stereocenters. The molecule has 148 valence electrons. The number of fused-ring (bicyclic) bond motifs is 1. The number of nitrogens with one attached hydrogen (secondary N) is 2. The van der Waals surface area contributed by atoms with Gasteiger partial charge in [-0.25, -0.2) is 4.98 Å². The second-order valence-corrected chi connectivity index (χ2v) is 7.10. The van der Waals surface area contributed by atoms with E-state index < -0.39 is 0 Å². The molecule has 3 aromatic heterocycles. The lowest BCUT2D eigenvalue weighted by Crippen LogP contribution is -2.25. The predicted octanol–water partition coefficient (Wildman–Crippen LogP) is 3.96. The molecule has 4 aromatic rings. The van der Waals surface area contributed by atoms with Crippen LogP contribution in [0.5, 0.6) is 0 Å². The van der Waals surface area contributed by atoms with E-state index in [0.717, 1.165) is 42.7 Å². The molecule has 0 aliphatic heterocycles. The highest BCUT2D eigenvalue weighted by Crippen LogP contribution is 2.30. The van der Waals surface area contributed by atoms with Crippen LogP contribution in [0.3, 0.4) is 0 Å². The van der Waals surface area contributed by atoms with Gasteiger partial charge in [-0.3, -0.25) is 9.78 Å². The Kier molecular flexibility index (Phi) is 6.00. The average molecular weight is 387 g/mol. The number of carbonyl (C=O) groups is 1. The molecule has 6 nitrogen and oxygen atoms in total. The van der Waals surface area contributed by atoms with Gasteiger partial charge in [-0.15, -0.1) is 0 Å². The second kappa shape index (κ2) is 9.19. The first-order valence-corrected chi connectivity index (χ1v) is 10.0. The summed E-state index contributed by atoms with van der Waals surface area (Å²) in [6.07, 6.45) is 10.3. The number of pyridine rings is 1. The van der Waals surface area contributed by atoms with Crippen LogP contribution in [0.4, 0.5) is 0 Å². The van der Waals surface area contributed by atoms with Crippen molar-refractivity contribution >= 4 is 16.8 Å². The number of imidazole rings is 1. The first kappa shape index (κ1) is 18.9. The summed E-state index contributed by atoms with van der Waals surface area (Å²) in [6.45, 7) is 1.55. The number of hydrogen-bond acceptors (Lipinski definition) is 3. The third-order valence-corrected chi connectivity index (χ3v) is 5.04. The van der Waals surface area contributed by atoms with Crippen molar-refractivity contribution in [1.82, 2.24) is 24.8 Å². The molecule has 3 heterocycles. The Hall–Kier alpha value is -3.41. The van der Waals surface area contributed by atoms with Gasteiger partial charge in [0.2, 0.25) is 5.91 Å². The Morgan fingerprint density at radius 1 is 1.07 bits per heavy atom. The monoisotopic (exact) mass is 387 g/mol. The Labute approximate surface area is 170 Å². The van der Waals surface area contributed by atoms with E-state index >= 15 is 0 Å². The lowest BCUT2D eigenvalue weighted by atomic mass is 10.0. The molecule has 0 saturated carbocycles. The maximum atomic E-state index is 12.2. The second-order valence-electron chi connectivity index (χ2n) is 7.10. The van der Waals surface area contributed by atoms with Gasteiger partial charge in [-0.1, -0.05) is 24.3 Å². The Bertz CT molecular complexity index is 1050. The number of para-hydroxylation sites is 1. The van der Waals surface area contributed by atoms with Gasteiger partial charge in [0, 0.05) is 49.0 Å². The molecule has 0 aliphatic rings. The number of amides is 1. The van der Waals surface area contributed by atoms with Crippen molar-refractivity contribution in [2.45, 2.75) is 32.2 Å². The van der Waals surface area contributed by atoms with Crippen LogP contribution < -0.4 is 5.32 Å². The quantitative estimate of drug-likeness (QED) is 0.427. The Balaban J connectivity index is 1.34. The molecule has 4 rings (SSSR count). The third-order valence-electron chi connectivity index (χ3n) is 5.04. The van der Waals surface area contributed by atoms with Gasteiger partial charge in [-0.05, 0) is 43.0 Å². The SMILES string of the molecule is O=C(CCCc1c(-c2ccccn2)[nH]c2ccccc12)NCCCn1ccnc1. The largest absolute Gasteiger partial charge is 0.356 e. The average Bonchev–Trinajstić information content (AvgIpc) is 3.40. The minimum Gasteiger partial charge on any atom is -0.356 e. The summed E-state index contributed by atoms with van der Waals surface area (Å²) < 4.78 is 2.02. The summed E-state index contributed by atoms with van der Waals surface area (Å²) in [5.41, 5.74) is 4.31. The fourth-order valence-electron chi connectivity index (χ4n) is 3.61. The summed E-state index contributed by atoms with van der Waals surface area (Å²) in [5.74, 6) is 0.106. The van der Waals surface area contributed by atoms with E-state index in [1.165, 1.54) is 10.9 Å². The van der Waals surface area contributed by atoms with Crippen LogP contribution in [0.1, 0.15) is 24.8 Å². The summed E-state index contributed by atoms with van der Waals surface area (Å²) >= 11 is 0. The third kappa shape index (κ3) is 4.71. The van der Waals surface area contributed by atoms with E-state index in [2.05, 4.69) is 38.5 Å². The fourth-order valence-corrected chi connectivity index (χ4v) is 3.61. The van der Waals surface area contributed by atoms with Gasteiger partial charge in [0.15, 0.2) is 0 Å². The zero-order valence-corrected chi connectivity index (χ0v) is 16.3. The van der Waals surface area contributed by atoms with E-state index in [-0.39, 0.29) is 5.91 Å². The number of aryl methyl sites for hydroxylation is 2. The molecule has 1 aromatic carbocycles. The van der Waals surface area contributed by atoms with Crippen LogP contribution in [0.15, 0.2) is 67.4 Å². The molecule has 0 spiro atoms. The van der Waals surface area contributed by atoms with Crippen molar-refractivity contribution in [3.8, 4) is 11.4 Å². The first-order valence-electron chi connectivity index (χ1n) is 10.0. The number of rotatable bonds is 9. The zero-order valence-electron chi connectivity index (χ0n) is 16.3. The van der Waals surface area contributed by atoms with E-state index in [4.69, 9.17) is 0 Å². The van der Waals surface area contributed by atoms with E-state index in [9.17, 15) is 4.79 Å². The molecule has 0 radical (unpaired) electrons. The molecule has 0 atom stereocenters. The minimum atomic E-state index is 0.106. The van der Waals surface area contributed by atoms with Crippen molar-refractivity contribution in [1.29, 1.82) is 0 Å². The molecular formula is C23H25N5O. The van der Waals surface area contributed by atoms with Gasteiger partial charge in [0.05, 0.1) is 17.7 Å². The van der Waals surface area contributed by atoms with Crippen molar-refractivity contribution in [3.63, 3.8) is 0 Å². The number of hydrogen-bond donors (Lipinski definition) is 2. The summed E-state index contributed by atoms with van der Waals surface area (Å²) in [7, 11) is 0. The molecular weight excluding hydrogens is 362 g/mol. The molecule has 2 N–H and O–H groups in total. The van der Waals surface area contributed by atoms with Crippen molar-refractivity contribution < 1.29 is 4.79 Å². The van der Waals surface area contributed by atoms with Crippen LogP contribution in [-0.2, 0) is 17.8 Å². The van der Waals surface area contributed by atoms with Gasteiger partial charge >= 0.3 is 0 Å². The predicted molar refractivity (Wildman–Crippen MR) is 114 cm³/mol. The number of aromatic amines is 1. The molecule has 0 aliphatic carbocycles. The topological polar surface area (TPSA) is 75.6 Å². The number of benzene rings is 1. The lowest BCUT2D eigenvalue weighted by Gasteiger charge is -2.07. The summed E-state index contributed by atoms with van der Waals surface area (Å²) in [4.78, 5) is 24.2. The first-order chi connectivity index (χ1) is 14.3. The van der Waals surface area contributed by atoms with Gasteiger partial charge in [-0.2, -0.15) is 0 Å². The molecule has 0 fully saturated rings. The Morgan fingerprint density at radius 3 is 2.79 bits per heavy atom. The van der Waals surface area contributed by atoms with Gasteiger partial charge < -0.3 is 14.9 Å². The minimum absolute atomic E-state index is 0.106. The summed E-state index contributed by atoms with van der Waals surface area (Å²) in [5, 5.41) is 4.22. The number of carbonyl (C=O) groups excluding carboxylic acids is 1. The zero-order chi connectivity index (χ0) is 19.9. The highest BCUT2D eigenvalue weighted by Gasteiger charge is 2.14. The van der Waals surface area contributed by atoms with Crippen molar-refractivity contribution in [2.75, 3.05) is 6.54 Å². The normalized spacial score (nSPS) is 11.0. The molecule has 29 heavy (non-hydrogen) atoms. The number of aromatic nitrogens is 4. The maximum Gasteiger partial charge on any atom is 0.220 e. The van der Waals surface area contributed by atoms with Crippen LogP contribution in [0, 0.1) is 0 Å². The molecule has 0 saturated heterocycles. The molecule has 6 heteroatoms.